The van der Waals surface area contributed by atoms with Gasteiger partial charge in [0.1, 0.15) is 18.2 Å². The van der Waals surface area contributed by atoms with Gasteiger partial charge in [-0.25, -0.2) is 5.10 Å². The molecule has 10 nitrogen and oxygen atoms in total. The van der Waals surface area contributed by atoms with Crippen LogP contribution in [0.4, 0.5) is 5.82 Å². The molecule has 2 amide bonds. The zero-order valence-corrected chi connectivity index (χ0v) is 18.2. The fraction of sp³-hybridized carbons (Fsp3) is 0.348. The Morgan fingerprint density at radius 2 is 2.00 bits per heavy atom. The number of aromatic amines is 1. The maximum Gasteiger partial charge on any atom is 0.264 e. The van der Waals surface area contributed by atoms with Crippen LogP contribution >= 0.6 is 0 Å². The highest BCUT2D eigenvalue weighted by Crippen LogP contribution is 2.42. The third-order valence-electron chi connectivity index (χ3n) is 6.07. The third-order valence-corrected chi connectivity index (χ3v) is 6.07. The Morgan fingerprint density at radius 3 is 2.76 bits per heavy atom. The number of amides is 2. The van der Waals surface area contributed by atoms with E-state index in [1.54, 1.807) is 6.07 Å². The molecule has 0 aliphatic carbocycles. The molecule has 0 radical (unpaired) electrons. The molecule has 1 aromatic carbocycles. The Kier molecular flexibility index (Phi) is 5.41. The first kappa shape index (κ1) is 20.9. The number of hydrogen-bond acceptors (Lipinski definition) is 6. The highest BCUT2D eigenvalue weighted by molar-refractivity contribution is 5.95. The van der Waals surface area contributed by atoms with Crippen LogP contribution in [0.2, 0.25) is 0 Å². The van der Waals surface area contributed by atoms with Crippen LogP contribution in [0.3, 0.4) is 0 Å². The summed E-state index contributed by atoms with van der Waals surface area (Å²) in [7, 11) is 0. The second-order valence-electron chi connectivity index (χ2n) is 8.21. The van der Waals surface area contributed by atoms with Gasteiger partial charge in [-0.05, 0) is 25.5 Å². The zero-order valence-electron chi connectivity index (χ0n) is 18.2. The molecule has 0 bridgehead atoms. The number of nitrogens with zero attached hydrogens (tertiary/aromatic N) is 4. The third kappa shape index (κ3) is 3.99. The molecule has 10 heteroatoms. The molecule has 1 fully saturated rings. The van der Waals surface area contributed by atoms with E-state index in [0.29, 0.717) is 37.0 Å². The van der Waals surface area contributed by atoms with Crippen molar-refractivity contribution in [3.05, 3.63) is 63.6 Å². The van der Waals surface area contributed by atoms with E-state index in [9.17, 15) is 14.4 Å². The van der Waals surface area contributed by atoms with Crippen molar-refractivity contribution in [2.24, 2.45) is 0 Å². The molecule has 33 heavy (non-hydrogen) atoms. The number of anilines is 1. The van der Waals surface area contributed by atoms with Crippen molar-refractivity contribution in [3.8, 4) is 11.6 Å². The van der Waals surface area contributed by atoms with Gasteiger partial charge in [-0.15, -0.1) is 0 Å². The van der Waals surface area contributed by atoms with E-state index in [4.69, 9.17) is 4.74 Å². The van der Waals surface area contributed by atoms with E-state index in [0.717, 1.165) is 29.8 Å². The SMILES string of the molecule is Cc1nn(-c2ccc(=O)[nH]n2)c2c1[C@@H](c1ccccc1OCCN1CCCC1=O)CC(=O)N2. The van der Waals surface area contributed by atoms with Crippen molar-refractivity contribution < 1.29 is 14.3 Å². The number of H-pyrrole nitrogens is 1. The number of hydrogen-bond donors (Lipinski definition) is 2. The van der Waals surface area contributed by atoms with Crippen LogP contribution in [0.5, 0.6) is 5.75 Å². The van der Waals surface area contributed by atoms with E-state index in [-0.39, 0.29) is 29.7 Å². The van der Waals surface area contributed by atoms with Crippen LogP contribution in [0.1, 0.15) is 42.0 Å². The van der Waals surface area contributed by atoms with E-state index >= 15 is 0 Å². The van der Waals surface area contributed by atoms with Crippen LogP contribution in [-0.2, 0) is 9.59 Å². The van der Waals surface area contributed by atoms with Gasteiger partial charge in [-0.1, -0.05) is 18.2 Å². The van der Waals surface area contributed by atoms with Gasteiger partial charge in [0.2, 0.25) is 11.8 Å². The van der Waals surface area contributed by atoms with Crippen LogP contribution in [0, 0.1) is 6.92 Å². The van der Waals surface area contributed by atoms with Gasteiger partial charge in [0.15, 0.2) is 5.82 Å². The summed E-state index contributed by atoms with van der Waals surface area (Å²) >= 11 is 0. The number of para-hydroxylation sites is 1. The lowest BCUT2D eigenvalue weighted by molar-refractivity contribution is -0.128. The zero-order chi connectivity index (χ0) is 22.9. The largest absolute Gasteiger partial charge is 0.491 e. The van der Waals surface area contributed by atoms with Crippen molar-refractivity contribution in [1.82, 2.24) is 24.9 Å². The minimum absolute atomic E-state index is 0.143. The number of likely N-dealkylation sites (tertiary alicyclic amines) is 1. The van der Waals surface area contributed by atoms with Gasteiger partial charge in [0, 0.05) is 42.5 Å². The van der Waals surface area contributed by atoms with Gasteiger partial charge in [-0.3, -0.25) is 14.4 Å². The van der Waals surface area contributed by atoms with E-state index in [1.807, 2.05) is 36.1 Å². The summed E-state index contributed by atoms with van der Waals surface area (Å²) in [6, 6.07) is 10.6. The van der Waals surface area contributed by atoms with Crippen LogP contribution in [0.15, 0.2) is 41.2 Å². The Balaban J connectivity index is 1.46. The van der Waals surface area contributed by atoms with Gasteiger partial charge in [0.25, 0.3) is 5.56 Å². The number of rotatable bonds is 6. The second kappa shape index (κ2) is 8.53. The second-order valence-corrected chi connectivity index (χ2v) is 8.21. The smallest absolute Gasteiger partial charge is 0.264 e. The minimum atomic E-state index is -0.319. The average molecular weight is 448 g/mol. The van der Waals surface area contributed by atoms with Crippen molar-refractivity contribution in [2.45, 2.75) is 32.1 Å². The first-order chi connectivity index (χ1) is 16.0. The predicted molar refractivity (Wildman–Crippen MR) is 120 cm³/mol. The summed E-state index contributed by atoms with van der Waals surface area (Å²) in [4.78, 5) is 37.8. The lowest BCUT2D eigenvalue weighted by atomic mass is 9.85. The number of benzene rings is 1. The molecule has 0 spiro atoms. The quantitative estimate of drug-likeness (QED) is 0.592. The normalized spacial score (nSPS) is 17.7. The van der Waals surface area contributed by atoms with E-state index in [1.165, 1.54) is 10.7 Å². The topological polar surface area (TPSA) is 122 Å². The number of ether oxygens (including phenoxy) is 1. The fourth-order valence-corrected chi connectivity index (χ4v) is 4.54. The van der Waals surface area contributed by atoms with Crippen molar-refractivity contribution >= 4 is 17.6 Å². The maximum atomic E-state index is 12.7. The molecular weight excluding hydrogens is 424 g/mol. The molecule has 3 aromatic rings. The summed E-state index contributed by atoms with van der Waals surface area (Å²) in [5.41, 5.74) is 2.20. The average Bonchev–Trinajstić information content (AvgIpc) is 3.37. The molecule has 170 valence electrons. The molecule has 2 aromatic heterocycles. The van der Waals surface area contributed by atoms with E-state index in [2.05, 4.69) is 20.6 Å². The van der Waals surface area contributed by atoms with Crippen molar-refractivity contribution in [3.63, 3.8) is 0 Å². The highest BCUT2D eigenvalue weighted by Gasteiger charge is 2.34. The number of nitrogens with one attached hydrogen (secondary N) is 2. The number of carbonyl (C=O) groups is 2. The highest BCUT2D eigenvalue weighted by atomic mass is 16.5. The van der Waals surface area contributed by atoms with Gasteiger partial charge in [-0.2, -0.15) is 14.9 Å². The summed E-state index contributed by atoms with van der Waals surface area (Å²) in [6.45, 7) is 3.58. The molecule has 4 heterocycles. The molecule has 0 unspecified atom stereocenters. The first-order valence-corrected chi connectivity index (χ1v) is 11.0. The Hall–Kier alpha value is -3.95. The monoisotopic (exact) mass is 448 g/mol. The molecular formula is C23H24N6O4. The Morgan fingerprint density at radius 1 is 1.15 bits per heavy atom. The van der Waals surface area contributed by atoms with Crippen molar-refractivity contribution in [2.75, 3.05) is 25.0 Å². The van der Waals surface area contributed by atoms with Gasteiger partial charge in [0.05, 0.1) is 12.2 Å². The number of aryl methyl sites for hydroxylation is 1. The Labute approximate surface area is 189 Å². The van der Waals surface area contributed by atoms with Gasteiger partial charge >= 0.3 is 0 Å². The molecule has 2 aliphatic rings. The van der Waals surface area contributed by atoms with Gasteiger partial charge < -0.3 is 15.0 Å². The van der Waals surface area contributed by atoms with Crippen LogP contribution < -0.4 is 15.6 Å². The fourth-order valence-electron chi connectivity index (χ4n) is 4.54. The number of carbonyl (C=O) groups excluding carboxylic acids is 2. The lowest BCUT2D eigenvalue weighted by Gasteiger charge is -2.26. The standard InChI is InChI=1S/C23H24N6O4/c1-14-22-16(13-20(31)24-23(22)29(27-14)18-8-9-19(30)26-25-18)15-5-2-3-6-17(15)33-12-11-28-10-4-7-21(28)32/h2-3,5-6,8-9,16H,4,7,10-13H2,1H3,(H,24,31)(H,26,30)/t16-/m1/s1. The summed E-state index contributed by atoms with van der Waals surface area (Å²) in [6.07, 6.45) is 1.75. The van der Waals surface area contributed by atoms with Crippen LogP contribution in [-0.4, -0.2) is 56.4 Å². The molecule has 1 atom stereocenters. The maximum absolute atomic E-state index is 12.7. The van der Waals surface area contributed by atoms with Crippen molar-refractivity contribution in [1.29, 1.82) is 0 Å². The lowest BCUT2D eigenvalue weighted by Crippen LogP contribution is -2.29. The summed E-state index contributed by atoms with van der Waals surface area (Å²) in [5, 5.41) is 13.9. The predicted octanol–water partition coefficient (Wildman–Crippen LogP) is 1.74. The molecule has 2 N–H and O–H groups in total. The molecule has 1 saturated heterocycles. The number of fused-ring (bicyclic) bond motifs is 1. The van der Waals surface area contributed by atoms with Crippen LogP contribution in [0.25, 0.3) is 5.82 Å². The summed E-state index contributed by atoms with van der Waals surface area (Å²) < 4.78 is 7.63. The molecule has 2 aliphatic heterocycles. The van der Waals surface area contributed by atoms with E-state index < -0.39 is 0 Å². The number of aromatic nitrogens is 4. The summed E-state index contributed by atoms with van der Waals surface area (Å²) in [5.74, 6) is 1.39. The Bertz CT molecular complexity index is 1260. The minimum Gasteiger partial charge on any atom is -0.491 e. The molecule has 0 saturated carbocycles. The first-order valence-electron chi connectivity index (χ1n) is 11.0. The molecule has 5 rings (SSSR count).